The minimum absolute atomic E-state index is 0.0705. The van der Waals surface area contributed by atoms with Gasteiger partial charge in [0.1, 0.15) is 11.5 Å². The van der Waals surface area contributed by atoms with Crippen molar-refractivity contribution < 1.29 is 9.47 Å². The molecule has 4 nitrogen and oxygen atoms in total. The highest BCUT2D eigenvalue weighted by atomic mass is 16.5. The summed E-state index contributed by atoms with van der Waals surface area (Å²) in [5.74, 6) is 2.05. The van der Waals surface area contributed by atoms with Gasteiger partial charge in [0.15, 0.2) is 0 Å². The lowest BCUT2D eigenvalue weighted by Gasteiger charge is -2.38. The molecule has 2 aromatic rings. The van der Waals surface area contributed by atoms with Crippen LogP contribution in [0, 0.1) is 5.41 Å². The van der Waals surface area contributed by atoms with E-state index >= 15 is 0 Å². The quantitative estimate of drug-likeness (QED) is 0.508. The minimum Gasteiger partial charge on any atom is -0.457 e. The van der Waals surface area contributed by atoms with E-state index in [0.29, 0.717) is 29.1 Å². The highest BCUT2D eigenvalue weighted by Crippen LogP contribution is 2.38. The molecule has 0 aromatic heterocycles. The molecule has 1 aliphatic rings. The van der Waals surface area contributed by atoms with Gasteiger partial charge in [0.05, 0.1) is 11.7 Å². The van der Waals surface area contributed by atoms with Gasteiger partial charge in [-0.2, -0.15) is 0 Å². The number of ether oxygens (including phenoxy) is 2. The molecule has 4 N–H and O–H groups in total. The molecule has 0 radical (unpaired) electrons. The third kappa shape index (κ3) is 6.66. The zero-order chi connectivity index (χ0) is 21.9. The number of anilines is 2. The largest absolute Gasteiger partial charge is 0.457 e. The van der Waals surface area contributed by atoms with Crippen LogP contribution < -0.4 is 16.2 Å². The maximum absolute atomic E-state index is 6.50. The summed E-state index contributed by atoms with van der Waals surface area (Å²) in [5, 5.41) is 0. The molecule has 0 atom stereocenters. The Bertz CT molecular complexity index is 809. The number of hydrogen-bond donors (Lipinski definition) is 2. The van der Waals surface area contributed by atoms with Gasteiger partial charge < -0.3 is 20.9 Å². The summed E-state index contributed by atoms with van der Waals surface area (Å²) in [4.78, 5) is 0. The van der Waals surface area contributed by atoms with Gasteiger partial charge in [0.25, 0.3) is 0 Å². The second-order valence-electron chi connectivity index (χ2n) is 10.6. The molecule has 0 amide bonds. The number of nitrogens with two attached hydrogens (primary N) is 2. The van der Waals surface area contributed by atoms with E-state index in [1.807, 2.05) is 12.1 Å². The minimum atomic E-state index is -0.0705. The standard InChI is InChI=1S/C26H38N2O2/c1-25(2,3)17-26(4,5)30-23-12-8-19(9-13-23)18-6-10-22(11-7-18)29-24-15-20(27)14-21(28)16-24/h6-7,10-11,14-16,19,23H,8-9,12-13,17,27-28H2,1-5H3. The van der Waals surface area contributed by atoms with E-state index in [9.17, 15) is 0 Å². The van der Waals surface area contributed by atoms with Crippen LogP contribution in [0.5, 0.6) is 11.5 Å². The van der Waals surface area contributed by atoms with Gasteiger partial charge in [-0.05, 0) is 81.0 Å². The van der Waals surface area contributed by atoms with Gasteiger partial charge in [0, 0.05) is 23.5 Å². The van der Waals surface area contributed by atoms with E-state index in [2.05, 4.69) is 46.8 Å². The summed E-state index contributed by atoms with van der Waals surface area (Å²) in [6, 6.07) is 13.7. The first-order valence-electron chi connectivity index (χ1n) is 11.1. The highest BCUT2D eigenvalue weighted by molar-refractivity contribution is 5.57. The number of nitrogen functional groups attached to an aromatic ring is 2. The molecule has 30 heavy (non-hydrogen) atoms. The van der Waals surface area contributed by atoms with Crippen molar-refractivity contribution in [1.82, 2.24) is 0 Å². The summed E-state index contributed by atoms with van der Waals surface area (Å²) in [6.07, 6.45) is 6.03. The summed E-state index contributed by atoms with van der Waals surface area (Å²) >= 11 is 0. The van der Waals surface area contributed by atoms with Crippen molar-refractivity contribution in [3.05, 3.63) is 48.0 Å². The fourth-order valence-electron chi connectivity index (χ4n) is 4.93. The van der Waals surface area contributed by atoms with Crippen molar-refractivity contribution in [1.29, 1.82) is 0 Å². The van der Waals surface area contributed by atoms with Gasteiger partial charge in [-0.15, -0.1) is 0 Å². The van der Waals surface area contributed by atoms with E-state index in [-0.39, 0.29) is 11.0 Å². The summed E-state index contributed by atoms with van der Waals surface area (Å²) in [7, 11) is 0. The maximum Gasteiger partial charge on any atom is 0.131 e. The first kappa shape index (κ1) is 22.5. The zero-order valence-electron chi connectivity index (χ0n) is 19.2. The Morgan fingerprint density at radius 1 is 0.800 bits per heavy atom. The molecule has 0 heterocycles. The van der Waals surface area contributed by atoms with Crippen molar-refractivity contribution in [3.8, 4) is 11.5 Å². The number of benzene rings is 2. The fraction of sp³-hybridized carbons (Fsp3) is 0.538. The molecule has 0 aliphatic heterocycles. The Balaban J connectivity index is 1.53. The first-order chi connectivity index (χ1) is 14.0. The lowest BCUT2D eigenvalue weighted by atomic mass is 9.81. The van der Waals surface area contributed by atoms with Crippen LogP contribution in [-0.4, -0.2) is 11.7 Å². The molecule has 0 saturated heterocycles. The zero-order valence-corrected chi connectivity index (χ0v) is 19.2. The monoisotopic (exact) mass is 410 g/mol. The Hall–Kier alpha value is -2.20. The summed E-state index contributed by atoms with van der Waals surface area (Å²) < 4.78 is 12.4. The van der Waals surface area contributed by atoms with E-state index < -0.39 is 0 Å². The molecule has 4 heteroatoms. The van der Waals surface area contributed by atoms with Crippen molar-refractivity contribution in [2.75, 3.05) is 11.5 Å². The van der Waals surface area contributed by atoms with Gasteiger partial charge in [-0.25, -0.2) is 0 Å². The van der Waals surface area contributed by atoms with E-state index in [4.69, 9.17) is 20.9 Å². The van der Waals surface area contributed by atoms with Crippen molar-refractivity contribution in [3.63, 3.8) is 0 Å². The SMILES string of the molecule is CC(C)(C)CC(C)(C)OC1CCC(c2ccc(Oc3cc(N)cc(N)c3)cc2)CC1. The molecule has 0 spiro atoms. The normalized spacial score (nSPS) is 20.2. The topological polar surface area (TPSA) is 70.5 Å². The predicted molar refractivity (Wildman–Crippen MR) is 126 cm³/mol. The second-order valence-corrected chi connectivity index (χ2v) is 10.6. The van der Waals surface area contributed by atoms with Crippen LogP contribution >= 0.6 is 0 Å². The molecule has 0 unspecified atom stereocenters. The average molecular weight is 411 g/mol. The Labute approximate surface area is 181 Å². The Morgan fingerprint density at radius 2 is 1.37 bits per heavy atom. The van der Waals surface area contributed by atoms with Crippen LogP contribution in [0.3, 0.4) is 0 Å². The maximum atomic E-state index is 6.50. The number of hydrogen-bond acceptors (Lipinski definition) is 4. The summed E-state index contributed by atoms with van der Waals surface area (Å²) in [5.41, 5.74) is 14.5. The summed E-state index contributed by atoms with van der Waals surface area (Å²) in [6.45, 7) is 11.3. The Morgan fingerprint density at radius 3 is 1.90 bits per heavy atom. The average Bonchev–Trinajstić information content (AvgIpc) is 2.60. The van der Waals surface area contributed by atoms with Gasteiger partial charge in [-0.1, -0.05) is 32.9 Å². The molecular weight excluding hydrogens is 372 g/mol. The van der Waals surface area contributed by atoms with Crippen LogP contribution in [0.15, 0.2) is 42.5 Å². The molecule has 3 rings (SSSR count). The van der Waals surface area contributed by atoms with Gasteiger partial charge in [-0.3, -0.25) is 0 Å². The third-order valence-electron chi connectivity index (χ3n) is 5.65. The van der Waals surface area contributed by atoms with Gasteiger partial charge >= 0.3 is 0 Å². The van der Waals surface area contributed by atoms with Crippen molar-refractivity contribution >= 4 is 11.4 Å². The second kappa shape index (κ2) is 8.89. The molecule has 1 fully saturated rings. The molecular formula is C26H38N2O2. The van der Waals surface area contributed by atoms with Crippen molar-refractivity contribution in [2.24, 2.45) is 5.41 Å². The van der Waals surface area contributed by atoms with Crippen molar-refractivity contribution in [2.45, 2.75) is 84.3 Å². The third-order valence-corrected chi connectivity index (χ3v) is 5.65. The molecule has 2 aromatic carbocycles. The fourth-order valence-corrected chi connectivity index (χ4v) is 4.93. The first-order valence-corrected chi connectivity index (χ1v) is 11.1. The van der Waals surface area contributed by atoms with Crippen LogP contribution in [0.2, 0.25) is 0 Å². The molecule has 1 saturated carbocycles. The molecule has 164 valence electrons. The van der Waals surface area contributed by atoms with E-state index in [1.54, 1.807) is 18.2 Å². The van der Waals surface area contributed by atoms with Crippen LogP contribution in [-0.2, 0) is 4.74 Å². The molecule has 1 aliphatic carbocycles. The predicted octanol–water partition coefficient (Wildman–Crippen LogP) is 6.90. The lowest BCUT2D eigenvalue weighted by Crippen LogP contribution is -2.36. The molecule has 0 bridgehead atoms. The van der Waals surface area contributed by atoms with E-state index in [1.165, 1.54) is 18.4 Å². The van der Waals surface area contributed by atoms with Gasteiger partial charge in [0.2, 0.25) is 0 Å². The van der Waals surface area contributed by atoms with E-state index in [0.717, 1.165) is 25.0 Å². The lowest BCUT2D eigenvalue weighted by molar-refractivity contribution is -0.103. The van der Waals surface area contributed by atoms with Crippen LogP contribution in [0.4, 0.5) is 11.4 Å². The van der Waals surface area contributed by atoms with Crippen LogP contribution in [0.1, 0.15) is 78.2 Å². The van der Waals surface area contributed by atoms with Crippen LogP contribution in [0.25, 0.3) is 0 Å². The smallest absolute Gasteiger partial charge is 0.131 e. The Kier molecular flexibility index (Phi) is 6.66. The number of rotatable bonds is 6. The highest BCUT2D eigenvalue weighted by Gasteiger charge is 2.31.